The van der Waals surface area contributed by atoms with Gasteiger partial charge in [0.05, 0.1) is 0 Å². The van der Waals surface area contributed by atoms with Crippen LogP contribution >= 0.6 is 12.6 Å². The first-order valence-corrected chi connectivity index (χ1v) is 4.25. The predicted molar refractivity (Wildman–Crippen MR) is 53.4 cm³/mol. The van der Waals surface area contributed by atoms with Crippen molar-refractivity contribution >= 4 is 18.8 Å². The molecule has 0 saturated carbocycles. The van der Waals surface area contributed by atoms with Crippen LogP contribution in [0.25, 0.3) is 0 Å². The lowest BCUT2D eigenvalue weighted by atomic mass is 10.2. The highest BCUT2D eigenvalue weighted by molar-refractivity contribution is 7.82. The largest absolute Gasteiger partial charge is 0.272 e. The first-order chi connectivity index (χ1) is 5.14. The molecule has 60 valence electrons. The average Bonchev–Trinajstić information content (AvgIpc) is 2.10. The van der Waals surface area contributed by atoms with Gasteiger partial charge in [0.1, 0.15) is 4.87 Å². The summed E-state index contributed by atoms with van der Waals surface area (Å²) in [6, 6.07) is 0. The molecule has 1 atom stereocenters. The minimum Gasteiger partial charge on any atom is -0.272 e. The first kappa shape index (κ1) is 8.60. The summed E-state index contributed by atoms with van der Waals surface area (Å²) in [6.07, 6.45) is 8.99. The number of allylic oxidation sites excluding steroid dienone is 3. The van der Waals surface area contributed by atoms with Crippen LogP contribution in [0.3, 0.4) is 0 Å². The van der Waals surface area contributed by atoms with Crippen molar-refractivity contribution in [2.24, 2.45) is 4.99 Å². The second kappa shape index (κ2) is 3.26. The van der Waals surface area contributed by atoms with Gasteiger partial charge in [-0.3, -0.25) is 4.99 Å². The summed E-state index contributed by atoms with van der Waals surface area (Å²) in [5, 5.41) is 0. The average molecular weight is 167 g/mol. The maximum Gasteiger partial charge on any atom is 0.119 e. The fraction of sp³-hybridized carbons (Fsp3) is 0.444. The minimum atomic E-state index is -0.326. The Morgan fingerprint density at radius 1 is 1.64 bits per heavy atom. The van der Waals surface area contributed by atoms with Gasteiger partial charge in [0.2, 0.25) is 0 Å². The van der Waals surface area contributed by atoms with E-state index >= 15 is 0 Å². The van der Waals surface area contributed by atoms with E-state index in [9.17, 15) is 0 Å². The lowest BCUT2D eigenvalue weighted by Gasteiger charge is -2.10. The second-order valence-electron chi connectivity index (χ2n) is 2.81. The van der Waals surface area contributed by atoms with Crippen molar-refractivity contribution in [1.29, 1.82) is 0 Å². The van der Waals surface area contributed by atoms with Crippen molar-refractivity contribution in [3.05, 3.63) is 23.8 Å². The third kappa shape index (κ3) is 2.54. The van der Waals surface area contributed by atoms with Crippen molar-refractivity contribution in [3.63, 3.8) is 0 Å². The first-order valence-electron chi connectivity index (χ1n) is 3.80. The summed E-state index contributed by atoms with van der Waals surface area (Å²) >= 11 is 4.35. The van der Waals surface area contributed by atoms with Crippen LogP contribution in [0.1, 0.15) is 20.3 Å². The molecule has 0 fully saturated rings. The van der Waals surface area contributed by atoms with Gasteiger partial charge in [0.15, 0.2) is 0 Å². The Bertz CT molecular complexity index is 224. The number of hydrogen-bond donors (Lipinski definition) is 1. The van der Waals surface area contributed by atoms with Crippen LogP contribution in [-0.2, 0) is 0 Å². The normalized spacial score (nSPS) is 29.9. The van der Waals surface area contributed by atoms with Crippen molar-refractivity contribution < 1.29 is 0 Å². The van der Waals surface area contributed by atoms with Crippen LogP contribution in [-0.4, -0.2) is 11.1 Å². The van der Waals surface area contributed by atoms with Gasteiger partial charge in [0.25, 0.3) is 0 Å². The molecular formula is C9H13NS. The van der Waals surface area contributed by atoms with Gasteiger partial charge in [-0.05, 0) is 25.0 Å². The van der Waals surface area contributed by atoms with Gasteiger partial charge in [0, 0.05) is 6.21 Å². The number of thiol groups is 1. The van der Waals surface area contributed by atoms with Crippen molar-refractivity contribution in [1.82, 2.24) is 0 Å². The molecule has 1 heterocycles. The maximum absolute atomic E-state index is 4.35. The molecule has 11 heavy (non-hydrogen) atoms. The molecule has 1 nitrogen and oxygen atoms in total. The Morgan fingerprint density at radius 3 is 3.00 bits per heavy atom. The van der Waals surface area contributed by atoms with Gasteiger partial charge in [-0.1, -0.05) is 19.1 Å². The van der Waals surface area contributed by atoms with Crippen molar-refractivity contribution in [2.75, 3.05) is 0 Å². The third-order valence-electron chi connectivity index (χ3n) is 1.62. The lowest BCUT2D eigenvalue weighted by molar-refractivity contribution is 0.864. The van der Waals surface area contributed by atoms with Crippen LogP contribution in [0.2, 0.25) is 0 Å². The van der Waals surface area contributed by atoms with Crippen molar-refractivity contribution in [2.45, 2.75) is 25.1 Å². The SMILES string of the molecule is CCC1=CC=CC(C)(S)N=C1. The summed E-state index contributed by atoms with van der Waals surface area (Å²) in [5.41, 5.74) is 1.25. The van der Waals surface area contributed by atoms with E-state index in [0.29, 0.717) is 0 Å². The lowest BCUT2D eigenvalue weighted by Crippen LogP contribution is -2.07. The zero-order valence-electron chi connectivity index (χ0n) is 6.91. The van der Waals surface area contributed by atoms with Gasteiger partial charge < -0.3 is 0 Å². The van der Waals surface area contributed by atoms with E-state index in [-0.39, 0.29) is 4.87 Å². The molecule has 0 radical (unpaired) electrons. The molecule has 0 aromatic rings. The van der Waals surface area contributed by atoms with Crippen LogP contribution in [0, 0.1) is 0 Å². The molecule has 0 saturated heterocycles. The van der Waals surface area contributed by atoms with Crippen LogP contribution in [0.5, 0.6) is 0 Å². The molecular weight excluding hydrogens is 154 g/mol. The standard InChI is InChI=1S/C9H13NS/c1-3-8-5-4-6-9(2,11)10-7-8/h4-7,11H,3H2,1-2H3. The van der Waals surface area contributed by atoms with Crippen LogP contribution < -0.4 is 0 Å². The molecule has 0 aliphatic carbocycles. The van der Waals surface area contributed by atoms with Gasteiger partial charge in [-0.2, -0.15) is 0 Å². The smallest absolute Gasteiger partial charge is 0.119 e. The van der Waals surface area contributed by atoms with E-state index in [1.165, 1.54) is 5.57 Å². The van der Waals surface area contributed by atoms with E-state index in [0.717, 1.165) is 6.42 Å². The molecule has 2 heteroatoms. The molecule has 1 rings (SSSR count). The summed E-state index contributed by atoms with van der Waals surface area (Å²) in [7, 11) is 0. The molecule has 0 amide bonds. The molecule has 0 bridgehead atoms. The maximum atomic E-state index is 4.35. The highest BCUT2D eigenvalue weighted by Gasteiger charge is 2.11. The van der Waals surface area contributed by atoms with E-state index in [1.807, 2.05) is 25.3 Å². The predicted octanol–water partition coefficient (Wildman–Crippen LogP) is 2.61. The molecule has 0 spiro atoms. The Morgan fingerprint density at radius 2 is 2.36 bits per heavy atom. The van der Waals surface area contributed by atoms with E-state index in [4.69, 9.17) is 0 Å². The van der Waals surface area contributed by atoms with Gasteiger partial charge in [-0.25, -0.2) is 0 Å². The number of aliphatic imine (C=N–C) groups is 1. The number of nitrogens with zero attached hydrogens (tertiary/aromatic N) is 1. The topological polar surface area (TPSA) is 12.4 Å². The molecule has 0 N–H and O–H groups in total. The molecule has 1 unspecified atom stereocenters. The number of hydrogen-bond acceptors (Lipinski definition) is 2. The molecule has 1 aliphatic rings. The van der Waals surface area contributed by atoms with E-state index < -0.39 is 0 Å². The molecule has 0 aromatic heterocycles. The highest BCUT2D eigenvalue weighted by atomic mass is 32.1. The van der Waals surface area contributed by atoms with Gasteiger partial charge in [-0.15, -0.1) is 12.6 Å². The summed E-state index contributed by atoms with van der Waals surface area (Å²) in [5.74, 6) is 0. The summed E-state index contributed by atoms with van der Waals surface area (Å²) in [6.45, 7) is 4.09. The highest BCUT2D eigenvalue weighted by Crippen LogP contribution is 2.19. The summed E-state index contributed by atoms with van der Waals surface area (Å²) in [4.78, 5) is 3.97. The van der Waals surface area contributed by atoms with E-state index in [1.54, 1.807) is 0 Å². The van der Waals surface area contributed by atoms with Crippen LogP contribution in [0.15, 0.2) is 28.8 Å². The Kier molecular flexibility index (Phi) is 2.55. The fourth-order valence-corrected chi connectivity index (χ4v) is 1.01. The van der Waals surface area contributed by atoms with E-state index in [2.05, 4.69) is 30.6 Å². The Hall–Kier alpha value is -0.500. The minimum absolute atomic E-state index is 0.326. The molecule has 0 aromatic carbocycles. The monoisotopic (exact) mass is 167 g/mol. The van der Waals surface area contributed by atoms with Gasteiger partial charge >= 0.3 is 0 Å². The van der Waals surface area contributed by atoms with Crippen LogP contribution in [0.4, 0.5) is 0 Å². The second-order valence-corrected chi connectivity index (χ2v) is 3.71. The number of rotatable bonds is 1. The zero-order valence-corrected chi connectivity index (χ0v) is 7.81. The Labute approximate surface area is 73.3 Å². The quantitative estimate of drug-likeness (QED) is 0.576. The zero-order chi connectivity index (χ0) is 8.32. The van der Waals surface area contributed by atoms with Crippen molar-refractivity contribution in [3.8, 4) is 0 Å². The fourth-order valence-electron chi connectivity index (χ4n) is 0.863. The third-order valence-corrected chi connectivity index (χ3v) is 1.89. The Balaban J connectivity index is 2.83. The summed E-state index contributed by atoms with van der Waals surface area (Å²) < 4.78 is 0. The molecule has 1 aliphatic heterocycles.